The third kappa shape index (κ3) is 4.47. The molecule has 1 aromatic heterocycles. The molecule has 0 saturated heterocycles. The molecule has 10 rings (SSSR count). The fourth-order valence-electron chi connectivity index (χ4n) is 7.12. The summed E-state index contributed by atoms with van der Waals surface area (Å²) in [6.45, 7) is 0. The molecule has 1 heteroatoms. The minimum Gasteiger partial charge on any atom is -0.455 e. The van der Waals surface area contributed by atoms with Gasteiger partial charge in [0.25, 0.3) is 0 Å². The first-order valence-corrected chi connectivity index (χ1v) is 16.2. The van der Waals surface area contributed by atoms with Gasteiger partial charge in [0.1, 0.15) is 11.2 Å². The van der Waals surface area contributed by atoms with Gasteiger partial charge in [-0.3, -0.25) is 0 Å². The van der Waals surface area contributed by atoms with Gasteiger partial charge in [-0.25, -0.2) is 0 Å². The van der Waals surface area contributed by atoms with E-state index in [0.29, 0.717) is 11.1 Å². The molecule has 0 amide bonds. The zero-order valence-corrected chi connectivity index (χ0v) is 26.1. The van der Waals surface area contributed by atoms with Crippen LogP contribution in [0.15, 0.2) is 186 Å². The molecule has 0 spiro atoms. The minimum absolute atomic E-state index is 0.0898. The van der Waals surface area contributed by atoms with Crippen LogP contribution in [0.1, 0.15) is 11.0 Å². The maximum absolute atomic E-state index is 9.44. The van der Waals surface area contributed by atoms with Gasteiger partial charge in [0.05, 0.1) is 11.0 Å². The van der Waals surface area contributed by atoms with Crippen molar-refractivity contribution in [3.8, 4) is 44.5 Å². The van der Waals surface area contributed by atoms with Crippen molar-refractivity contribution in [2.45, 2.75) is 0 Å². The van der Waals surface area contributed by atoms with E-state index in [9.17, 15) is 5.48 Å². The maximum Gasteiger partial charge on any atom is 0.143 e. The summed E-state index contributed by atoms with van der Waals surface area (Å²) in [5.74, 6) is 0. The molecule has 9 aromatic carbocycles. The molecule has 10 aromatic rings. The summed E-state index contributed by atoms with van der Waals surface area (Å²) in [7, 11) is 0. The van der Waals surface area contributed by atoms with Crippen molar-refractivity contribution >= 4 is 54.3 Å². The molecule has 1 heterocycles. The molecule has 0 bridgehead atoms. The Hall–Kier alpha value is -6.44. The molecule has 1 nitrogen and oxygen atoms in total. The molecular weight excluding hydrogens is 593 g/mol. The smallest absolute Gasteiger partial charge is 0.143 e. The van der Waals surface area contributed by atoms with Crippen molar-refractivity contribution in [2.75, 3.05) is 0 Å². The molecule has 0 unspecified atom stereocenters. The van der Waals surface area contributed by atoms with E-state index in [1.807, 2.05) is 72.8 Å². The number of fused-ring (bicyclic) bond motifs is 7. The predicted octanol–water partition coefficient (Wildman–Crippen LogP) is 13.7. The van der Waals surface area contributed by atoms with E-state index in [2.05, 4.69) is 30.3 Å². The maximum atomic E-state index is 9.44. The van der Waals surface area contributed by atoms with Crippen LogP contribution in [0.25, 0.3) is 98.8 Å². The Balaban J connectivity index is 1.22. The van der Waals surface area contributed by atoms with Gasteiger partial charge >= 0.3 is 0 Å². The molecule has 0 aliphatic rings. The number of hydrogen-bond acceptors (Lipinski definition) is 1. The number of furan rings is 1. The first-order chi connectivity index (χ1) is 27.7. The number of rotatable bonds is 4. The standard InChI is InChI=1S/C48H30O/c1-2-10-31(11-3-1)32-18-20-33(21-19-32)34-22-24-36(25-23-34)46-39-14-6-8-16-41(39)47(42-17-9-7-15-40(42)46)37-27-29-45-44(30-37)43-28-26-35-12-4-5-13-38(35)48(43)49-45/h1-30H/i18D,19D,20D,21D,22D,23D,24D,25D. The van der Waals surface area contributed by atoms with Crippen LogP contribution in [0.2, 0.25) is 0 Å². The minimum atomic E-state index is -0.443. The van der Waals surface area contributed by atoms with Crippen LogP contribution in [0.3, 0.4) is 0 Å². The molecule has 0 aliphatic heterocycles. The third-order valence-electron chi connectivity index (χ3n) is 9.39. The average Bonchev–Trinajstić information content (AvgIpc) is 3.62. The van der Waals surface area contributed by atoms with Gasteiger partial charge in [-0.1, -0.05) is 164 Å². The summed E-state index contributed by atoms with van der Waals surface area (Å²) < 4.78 is 79.5. The molecular formula is C48H30O. The fraction of sp³-hybridized carbons (Fsp3) is 0. The second kappa shape index (κ2) is 11.1. The largest absolute Gasteiger partial charge is 0.455 e. The lowest BCUT2D eigenvalue weighted by atomic mass is 9.85. The highest BCUT2D eigenvalue weighted by molar-refractivity contribution is 6.22. The Bertz CT molecular complexity index is 3220. The van der Waals surface area contributed by atoms with Gasteiger partial charge < -0.3 is 4.42 Å². The van der Waals surface area contributed by atoms with Crippen molar-refractivity contribution < 1.29 is 15.4 Å². The van der Waals surface area contributed by atoms with E-state index in [1.54, 1.807) is 30.3 Å². The second-order valence-electron chi connectivity index (χ2n) is 12.2. The van der Waals surface area contributed by atoms with Crippen LogP contribution in [0.4, 0.5) is 0 Å². The Labute approximate surface area is 295 Å². The molecule has 0 aliphatic carbocycles. The quantitative estimate of drug-likeness (QED) is 0.176. The zero-order valence-electron chi connectivity index (χ0n) is 34.1. The van der Waals surface area contributed by atoms with Gasteiger partial charge in [-0.15, -0.1) is 0 Å². The van der Waals surface area contributed by atoms with Gasteiger partial charge in [-0.2, -0.15) is 0 Å². The van der Waals surface area contributed by atoms with Crippen LogP contribution < -0.4 is 0 Å². The zero-order chi connectivity index (χ0) is 39.3. The lowest BCUT2D eigenvalue weighted by Gasteiger charge is -2.18. The molecule has 0 fully saturated rings. The Morgan fingerprint density at radius 3 is 1.43 bits per heavy atom. The van der Waals surface area contributed by atoms with Crippen molar-refractivity contribution in [2.24, 2.45) is 0 Å². The van der Waals surface area contributed by atoms with E-state index in [4.69, 9.17) is 9.90 Å². The SMILES string of the molecule is [2H]c1c([2H])c(-c2c([2H])c([2H])c(-c3c4ccccc4c(-c4ccc5oc6c7ccccc7ccc6c5c4)c4ccccc34)c([2H])c2[2H])c([2H])c([2H])c1-c1ccccc1. The van der Waals surface area contributed by atoms with Gasteiger partial charge in [0, 0.05) is 16.2 Å². The fourth-order valence-corrected chi connectivity index (χ4v) is 7.12. The first-order valence-electron chi connectivity index (χ1n) is 20.2. The summed E-state index contributed by atoms with van der Waals surface area (Å²) in [5.41, 5.74) is 4.20. The van der Waals surface area contributed by atoms with Crippen molar-refractivity contribution in [3.05, 3.63) is 182 Å². The number of benzene rings is 9. The van der Waals surface area contributed by atoms with Crippen molar-refractivity contribution in [1.29, 1.82) is 0 Å². The monoisotopic (exact) mass is 630 g/mol. The molecule has 0 N–H and O–H groups in total. The van der Waals surface area contributed by atoms with Crippen LogP contribution in [-0.2, 0) is 0 Å². The summed E-state index contributed by atoms with van der Waals surface area (Å²) in [5, 5.41) is 7.33. The summed E-state index contributed by atoms with van der Waals surface area (Å²) >= 11 is 0. The Morgan fingerprint density at radius 2 is 0.816 bits per heavy atom. The Kier molecular flexibility index (Phi) is 4.69. The lowest BCUT2D eigenvalue weighted by Crippen LogP contribution is -1.91. The van der Waals surface area contributed by atoms with E-state index < -0.39 is 24.2 Å². The Morgan fingerprint density at radius 1 is 0.327 bits per heavy atom. The van der Waals surface area contributed by atoms with E-state index in [0.717, 1.165) is 65.4 Å². The highest BCUT2D eigenvalue weighted by Gasteiger charge is 2.18. The van der Waals surface area contributed by atoms with E-state index >= 15 is 0 Å². The second-order valence-corrected chi connectivity index (χ2v) is 12.2. The molecule has 0 atom stereocenters. The van der Waals surface area contributed by atoms with E-state index in [1.165, 1.54) is 0 Å². The summed E-state index contributed by atoms with van der Waals surface area (Å²) in [6, 6.07) is 39.8. The van der Waals surface area contributed by atoms with Crippen LogP contribution >= 0.6 is 0 Å². The molecule has 49 heavy (non-hydrogen) atoms. The lowest BCUT2D eigenvalue weighted by molar-refractivity contribution is 0.672. The van der Waals surface area contributed by atoms with Gasteiger partial charge in [0.15, 0.2) is 0 Å². The predicted molar refractivity (Wildman–Crippen MR) is 208 cm³/mol. The van der Waals surface area contributed by atoms with E-state index in [-0.39, 0.29) is 46.4 Å². The highest BCUT2D eigenvalue weighted by Crippen LogP contribution is 2.45. The average molecular weight is 631 g/mol. The molecule has 0 saturated carbocycles. The van der Waals surface area contributed by atoms with Crippen molar-refractivity contribution in [1.82, 2.24) is 0 Å². The highest BCUT2D eigenvalue weighted by atomic mass is 16.3. The van der Waals surface area contributed by atoms with Crippen LogP contribution in [0, 0.1) is 0 Å². The van der Waals surface area contributed by atoms with Crippen molar-refractivity contribution in [3.63, 3.8) is 0 Å². The topological polar surface area (TPSA) is 13.1 Å². The van der Waals surface area contributed by atoms with Crippen LogP contribution in [0.5, 0.6) is 0 Å². The molecule has 0 radical (unpaired) electrons. The van der Waals surface area contributed by atoms with Crippen LogP contribution in [-0.4, -0.2) is 0 Å². The summed E-state index contributed by atoms with van der Waals surface area (Å²) in [6.07, 6.45) is 0. The van der Waals surface area contributed by atoms with Gasteiger partial charge in [0.2, 0.25) is 0 Å². The normalized spacial score (nSPS) is 14.0. The molecule has 228 valence electrons. The summed E-state index contributed by atoms with van der Waals surface area (Å²) in [4.78, 5) is 0. The number of hydrogen-bond donors (Lipinski definition) is 0. The third-order valence-corrected chi connectivity index (χ3v) is 9.39. The first kappa shape index (κ1) is 20.7. The van der Waals surface area contributed by atoms with Gasteiger partial charge in [-0.05, 0) is 89.6 Å².